The van der Waals surface area contributed by atoms with Gasteiger partial charge in [0.2, 0.25) is 0 Å². The SMILES string of the molecule is Cn1c(=O)n(Cc2nc(C(F)(F)F)cs2)c2ccccc21. The first-order valence-corrected chi connectivity index (χ1v) is 6.92. The molecule has 110 valence electrons. The predicted molar refractivity (Wildman–Crippen MR) is 73.4 cm³/mol. The Hall–Kier alpha value is -2.09. The monoisotopic (exact) mass is 313 g/mol. The number of aryl methyl sites for hydroxylation is 1. The smallest absolute Gasteiger partial charge is 0.295 e. The molecule has 0 spiro atoms. The standard InChI is InChI=1S/C13H10F3N3OS/c1-18-8-4-2-3-5-9(8)19(12(18)20)6-11-17-10(7-21-11)13(14,15)16/h2-5,7H,6H2,1H3. The first-order valence-electron chi connectivity index (χ1n) is 6.04. The van der Waals surface area contributed by atoms with Crippen molar-refractivity contribution in [3.8, 4) is 0 Å². The van der Waals surface area contributed by atoms with Crippen molar-refractivity contribution in [2.24, 2.45) is 7.05 Å². The van der Waals surface area contributed by atoms with Crippen LogP contribution in [0.5, 0.6) is 0 Å². The zero-order valence-corrected chi connectivity index (χ0v) is 11.7. The molecule has 0 amide bonds. The van der Waals surface area contributed by atoms with Crippen LogP contribution < -0.4 is 5.69 Å². The molecule has 0 saturated heterocycles. The molecule has 0 aliphatic rings. The molecule has 2 heterocycles. The van der Waals surface area contributed by atoms with E-state index in [9.17, 15) is 18.0 Å². The normalized spacial score (nSPS) is 12.2. The summed E-state index contributed by atoms with van der Waals surface area (Å²) in [6.45, 7) is 0.0287. The summed E-state index contributed by atoms with van der Waals surface area (Å²) in [6.07, 6.45) is -4.46. The highest BCUT2D eigenvalue weighted by molar-refractivity contribution is 7.09. The molecule has 0 bridgehead atoms. The van der Waals surface area contributed by atoms with E-state index in [0.717, 1.165) is 22.2 Å². The number of rotatable bonds is 2. The van der Waals surface area contributed by atoms with Gasteiger partial charge in [-0.05, 0) is 12.1 Å². The maximum atomic E-state index is 12.5. The van der Waals surface area contributed by atoms with Gasteiger partial charge in [-0.3, -0.25) is 9.13 Å². The first kappa shape index (κ1) is 13.9. The van der Waals surface area contributed by atoms with Crippen molar-refractivity contribution in [3.63, 3.8) is 0 Å². The van der Waals surface area contributed by atoms with Crippen molar-refractivity contribution in [2.75, 3.05) is 0 Å². The summed E-state index contributed by atoms with van der Waals surface area (Å²) >= 11 is 0.898. The predicted octanol–water partition coefficient (Wildman–Crippen LogP) is 2.86. The van der Waals surface area contributed by atoms with Gasteiger partial charge in [0.1, 0.15) is 5.01 Å². The molecule has 0 atom stereocenters. The summed E-state index contributed by atoms with van der Waals surface area (Å²) < 4.78 is 40.5. The number of hydrogen-bond acceptors (Lipinski definition) is 3. The molecule has 1 aromatic carbocycles. The fourth-order valence-electron chi connectivity index (χ4n) is 2.16. The second kappa shape index (κ2) is 4.73. The van der Waals surface area contributed by atoms with Crippen LogP contribution in [0.1, 0.15) is 10.7 Å². The lowest BCUT2D eigenvalue weighted by Gasteiger charge is -2.01. The maximum absolute atomic E-state index is 12.5. The highest BCUT2D eigenvalue weighted by atomic mass is 32.1. The van der Waals surface area contributed by atoms with Gasteiger partial charge >= 0.3 is 11.9 Å². The molecule has 3 rings (SSSR count). The van der Waals surface area contributed by atoms with E-state index in [0.29, 0.717) is 5.52 Å². The highest BCUT2D eigenvalue weighted by Gasteiger charge is 2.33. The summed E-state index contributed by atoms with van der Waals surface area (Å²) in [5, 5.41) is 1.21. The molecular weight excluding hydrogens is 303 g/mol. The van der Waals surface area contributed by atoms with Crippen molar-refractivity contribution >= 4 is 22.4 Å². The number of alkyl halides is 3. The van der Waals surface area contributed by atoms with Crippen LogP contribution in [0.2, 0.25) is 0 Å². The maximum Gasteiger partial charge on any atom is 0.434 e. The Morgan fingerprint density at radius 1 is 1.24 bits per heavy atom. The second-order valence-corrected chi connectivity index (χ2v) is 5.48. The van der Waals surface area contributed by atoms with Crippen LogP contribution >= 0.6 is 11.3 Å². The summed E-state index contributed by atoms with van der Waals surface area (Å²) in [5.74, 6) is 0. The van der Waals surface area contributed by atoms with Crippen molar-refractivity contribution in [2.45, 2.75) is 12.7 Å². The lowest BCUT2D eigenvalue weighted by molar-refractivity contribution is -0.140. The van der Waals surface area contributed by atoms with Crippen LogP contribution in [-0.2, 0) is 19.8 Å². The van der Waals surface area contributed by atoms with Gasteiger partial charge in [-0.25, -0.2) is 9.78 Å². The Balaban J connectivity index is 2.05. The number of fused-ring (bicyclic) bond motifs is 1. The Morgan fingerprint density at radius 3 is 2.52 bits per heavy atom. The van der Waals surface area contributed by atoms with E-state index in [1.54, 1.807) is 31.3 Å². The van der Waals surface area contributed by atoms with E-state index in [2.05, 4.69) is 4.98 Å². The van der Waals surface area contributed by atoms with Crippen LogP contribution in [0.25, 0.3) is 11.0 Å². The van der Waals surface area contributed by atoms with Crippen LogP contribution in [0, 0.1) is 0 Å². The molecule has 0 radical (unpaired) electrons. The van der Waals surface area contributed by atoms with Crippen LogP contribution in [0.3, 0.4) is 0 Å². The van der Waals surface area contributed by atoms with Gasteiger partial charge in [0, 0.05) is 12.4 Å². The summed E-state index contributed by atoms with van der Waals surface area (Å²) in [6, 6.07) is 7.13. The molecule has 2 aromatic heterocycles. The number of hydrogen-bond donors (Lipinski definition) is 0. The molecule has 3 aromatic rings. The van der Waals surface area contributed by atoms with E-state index in [1.165, 1.54) is 9.13 Å². The van der Waals surface area contributed by atoms with E-state index >= 15 is 0 Å². The Labute approximate surface area is 121 Å². The number of benzene rings is 1. The third-order valence-corrected chi connectivity index (χ3v) is 4.02. The zero-order valence-electron chi connectivity index (χ0n) is 10.9. The second-order valence-electron chi connectivity index (χ2n) is 4.54. The molecule has 0 N–H and O–H groups in total. The summed E-state index contributed by atoms with van der Waals surface area (Å²) in [7, 11) is 1.63. The van der Waals surface area contributed by atoms with Gasteiger partial charge in [-0.15, -0.1) is 11.3 Å². The zero-order chi connectivity index (χ0) is 15.2. The average Bonchev–Trinajstić information content (AvgIpc) is 2.99. The Kier molecular flexibility index (Phi) is 3.12. The fourth-order valence-corrected chi connectivity index (χ4v) is 2.95. The minimum atomic E-state index is -4.46. The molecule has 8 heteroatoms. The van der Waals surface area contributed by atoms with Crippen LogP contribution in [0.15, 0.2) is 34.4 Å². The molecule has 0 aliphatic heterocycles. The summed E-state index contributed by atoms with van der Waals surface area (Å²) in [5.41, 5.74) is 0.208. The Morgan fingerprint density at radius 2 is 1.90 bits per heavy atom. The van der Waals surface area contributed by atoms with E-state index < -0.39 is 11.9 Å². The average molecular weight is 313 g/mol. The topological polar surface area (TPSA) is 39.8 Å². The van der Waals surface area contributed by atoms with Gasteiger partial charge in [-0.2, -0.15) is 13.2 Å². The number of nitrogens with zero attached hydrogens (tertiary/aromatic N) is 3. The lowest BCUT2D eigenvalue weighted by atomic mass is 10.3. The summed E-state index contributed by atoms with van der Waals surface area (Å²) in [4.78, 5) is 15.7. The van der Waals surface area contributed by atoms with Crippen molar-refractivity contribution < 1.29 is 13.2 Å². The molecule has 0 unspecified atom stereocenters. The number of thiazole rings is 1. The number of halogens is 3. The fraction of sp³-hybridized carbons (Fsp3) is 0.231. The minimum absolute atomic E-state index is 0.0287. The largest absolute Gasteiger partial charge is 0.434 e. The van der Waals surface area contributed by atoms with Gasteiger partial charge < -0.3 is 0 Å². The third kappa shape index (κ3) is 2.35. The number of aromatic nitrogens is 3. The van der Waals surface area contributed by atoms with E-state index in [4.69, 9.17) is 0 Å². The molecule has 0 fully saturated rings. The third-order valence-electron chi connectivity index (χ3n) is 3.19. The molecule has 21 heavy (non-hydrogen) atoms. The molecular formula is C13H10F3N3OS. The van der Waals surface area contributed by atoms with E-state index in [1.807, 2.05) is 0 Å². The molecule has 0 saturated carbocycles. The van der Waals surface area contributed by atoms with Gasteiger partial charge in [0.15, 0.2) is 5.69 Å². The van der Waals surface area contributed by atoms with Crippen LogP contribution in [0.4, 0.5) is 13.2 Å². The molecule has 0 aliphatic carbocycles. The van der Waals surface area contributed by atoms with Gasteiger partial charge in [-0.1, -0.05) is 12.1 Å². The van der Waals surface area contributed by atoms with Crippen LogP contribution in [-0.4, -0.2) is 14.1 Å². The Bertz CT molecular complexity index is 860. The lowest BCUT2D eigenvalue weighted by Crippen LogP contribution is -2.22. The number of imidazole rings is 1. The first-order chi connectivity index (χ1) is 9.88. The van der Waals surface area contributed by atoms with Crippen molar-refractivity contribution in [1.29, 1.82) is 0 Å². The van der Waals surface area contributed by atoms with E-state index in [-0.39, 0.29) is 17.2 Å². The van der Waals surface area contributed by atoms with Crippen molar-refractivity contribution in [1.82, 2.24) is 14.1 Å². The quantitative estimate of drug-likeness (QED) is 0.730. The minimum Gasteiger partial charge on any atom is -0.295 e. The number of para-hydroxylation sites is 2. The molecule has 4 nitrogen and oxygen atoms in total. The van der Waals surface area contributed by atoms with Gasteiger partial charge in [0.05, 0.1) is 17.6 Å². The van der Waals surface area contributed by atoms with Crippen molar-refractivity contribution in [3.05, 3.63) is 50.8 Å². The van der Waals surface area contributed by atoms with Gasteiger partial charge in [0.25, 0.3) is 0 Å². The highest BCUT2D eigenvalue weighted by Crippen LogP contribution is 2.30.